The molecule has 8 nitrogen and oxygen atoms in total. The van der Waals surface area contributed by atoms with Gasteiger partial charge in [-0.2, -0.15) is 0 Å². The molecule has 5 aromatic rings. The molecule has 0 saturated carbocycles. The maximum Gasteiger partial charge on any atom is 0.514 e. The van der Waals surface area contributed by atoms with Gasteiger partial charge in [0.25, 0.3) is 5.91 Å². The van der Waals surface area contributed by atoms with Crippen LogP contribution in [0.15, 0.2) is 83.0 Å². The molecular weight excluding hydrogens is 538 g/mol. The van der Waals surface area contributed by atoms with Crippen LogP contribution in [0.1, 0.15) is 20.9 Å². The van der Waals surface area contributed by atoms with Crippen LogP contribution in [0.5, 0.6) is 5.88 Å². The van der Waals surface area contributed by atoms with Gasteiger partial charge in [0.2, 0.25) is 5.88 Å². The van der Waals surface area contributed by atoms with Crippen molar-refractivity contribution in [2.45, 2.75) is 13.5 Å². The number of para-hydroxylation sites is 1. The molecule has 196 valence electrons. The smallest absolute Gasteiger partial charge is 0.437 e. The Bertz CT molecular complexity index is 1750. The second-order valence-corrected chi connectivity index (χ2v) is 10.0. The van der Waals surface area contributed by atoms with Crippen LogP contribution in [0, 0.1) is 6.92 Å². The zero-order chi connectivity index (χ0) is 27.5. The van der Waals surface area contributed by atoms with Crippen LogP contribution in [0.4, 0.5) is 4.79 Å². The standard InChI is InChI=1S/C29H22ClN3O5S/c1-17-32-24(16-39-17)18-8-10-19(11-9-18)27(35)31-15-23-26(34)22-13-12-20(30)14-25(22)33(21-6-4-3-5-7-21)28(23)38-29(36)37-2/h3-14,16H,15H2,1-2H3,(H,31,35). The highest BCUT2D eigenvalue weighted by molar-refractivity contribution is 7.09. The molecule has 1 N–H and O–H groups in total. The third-order valence-electron chi connectivity index (χ3n) is 6.03. The first-order chi connectivity index (χ1) is 18.9. The Morgan fingerprint density at radius 2 is 1.79 bits per heavy atom. The van der Waals surface area contributed by atoms with E-state index in [0.717, 1.165) is 16.3 Å². The minimum absolute atomic E-state index is 0.0713. The highest BCUT2D eigenvalue weighted by Gasteiger charge is 2.23. The predicted octanol–water partition coefficient (Wildman–Crippen LogP) is 6.15. The van der Waals surface area contributed by atoms with Gasteiger partial charge in [-0.05, 0) is 49.4 Å². The number of hydrogen-bond donors (Lipinski definition) is 1. The summed E-state index contributed by atoms with van der Waals surface area (Å²) in [6, 6.07) is 20.9. The van der Waals surface area contributed by atoms with Gasteiger partial charge in [-0.1, -0.05) is 41.9 Å². The summed E-state index contributed by atoms with van der Waals surface area (Å²) < 4.78 is 11.8. The van der Waals surface area contributed by atoms with Crippen LogP contribution in [0.3, 0.4) is 0 Å². The first-order valence-corrected chi connectivity index (χ1v) is 13.1. The summed E-state index contributed by atoms with van der Waals surface area (Å²) in [6.07, 6.45) is -1.01. The first kappa shape index (κ1) is 26.1. The number of methoxy groups -OCH3 is 1. The molecule has 2 heterocycles. The molecule has 0 bridgehead atoms. The van der Waals surface area contributed by atoms with Gasteiger partial charge in [-0.25, -0.2) is 9.78 Å². The van der Waals surface area contributed by atoms with Crippen LogP contribution in [-0.2, 0) is 11.3 Å². The third-order valence-corrected chi connectivity index (χ3v) is 7.04. The maximum absolute atomic E-state index is 13.6. The SMILES string of the molecule is COC(=O)Oc1c(CNC(=O)c2ccc(-c3csc(C)n3)cc2)c(=O)c2ccc(Cl)cc2n1-c1ccccc1. The van der Waals surface area contributed by atoms with E-state index in [9.17, 15) is 14.4 Å². The molecule has 0 aliphatic carbocycles. The van der Waals surface area contributed by atoms with E-state index in [1.54, 1.807) is 58.4 Å². The zero-order valence-corrected chi connectivity index (χ0v) is 22.5. The number of nitrogens with zero attached hydrogens (tertiary/aromatic N) is 2. The number of ether oxygens (including phenoxy) is 2. The van der Waals surface area contributed by atoms with E-state index in [1.807, 2.05) is 42.6 Å². The minimum atomic E-state index is -1.01. The number of hydrogen-bond acceptors (Lipinski definition) is 7. The molecule has 0 atom stereocenters. The number of pyridine rings is 1. The number of nitrogens with one attached hydrogen (secondary N) is 1. The Balaban J connectivity index is 1.55. The normalized spacial score (nSPS) is 10.8. The van der Waals surface area contributed by atoms with Gasteiger partial charge < -0.3 is 14.8 Å². The Hall–Kier alpha value is -4.47. The molecule has 0 unspecified atom stereocenters. The van der Waals surface area contributed by atoms with E-state index in [1.165, 1.54) is 7.11 Å². The Kier molecular flexibility index (Phi) is 7.44. The Morgan fingerprint density at radius 3 is 2.46 bits per heavy atom. The number of carbonyl (C=O) groups excluding carboxylic acids is 2. The molecule has 0 aliphatic heterocycles. The number of fused-ring (bicyclic) bond motifs is 1. The highest BCUT2D eigenvalue weighted by atomic mass is 35.5. The molecule has 0 aliphatic rings. The third kappa shape index (κ3) is 5.41. The van der Waals surface area contributed by atoms with Crippen molar-refractivity contribution >= 4 is 45.9 Å². The van der Waals surface area contributed by atoms with Gasteiger partial charge in [-0.3, -0.25) is 14.2 Å². The molecule has 2 aromatic heterocycles. The molecule has 0 saturated heterocycles. The van der Waals surface area contributed by atoms with Crippen molar-refractivity contribution in [1.82, 2.24) is 14.9 Å². The predicted molar refractivity (Wildman–Crippen MR) is 151 cm³/mol. The second-order valence-electron chi connectivity index (χ2n) is 8.51. The van der Waals surface area contributed by atoms with E-state index in [4.69, 9.17) is 21.1 Å². The summed E-state index contributed by atoms with van der Waals surface area (Å²) in [4.78, 5) is 43.4. The van der Waals surface area contributed by atoms with E-state index in [2.05, 4.69) is 10.3 Å². The molecule has 10 heteroatoms. The number of aryl methyl sites for hydroxylation is 1. The van der Waals surface area contributed by atoms with Crippen molar-refractivity contribution in [1.29, 1.82) is 0 Å². The average molecular weight is 560 g/mol. The molecule has 0 fully saturated rings. The van der Waals surface area contributed by atoms with E-state index >= 15 is 0 Å². The summed E-state index contributed by atoms with van der Waals surface area (Å²) in [5.41, 5.74) is 2.83. The van der Waals surface area contributed by atoms with E-state index < -0.39 is 17.5 Å². The fourth-order valence-electron chi connectivity index (χ4n) is 4.16. The maximum atomic E-state index is 13.6. The molecule has 3 aromatic carbocycles. The summed E-state index contributed by atoms with van der Waals surface area (Å²) in [6.45, 7) is 1.73. The number of halogens is 1. The van der Waals surface area contributed by atoms with Gasteiger partial charge in [0.05, 0.1) is 35.4 Å². The van der Waals surface area contributed by atoms with Gasteiger partial charge in [0.15, 0.2) is 5.43 Å². The second kappa shape index (κ2) is 11.1. The summed E-state index contributed by atoms with van der Waals surface area (Å²) in [5, 5.41) is 6.43. The molecular formula is C29H22ClN3O5S. The summed E-state index contributed by atoms with van der Waals surface area (Å²) in [5.74, 6) is -0.482. The first-order valence-electron chi connectivity index (χ1n) is 11.8. The molecule has 1 amide bonds. The number of thiazole rings is 1. The lowest BCUT2D eigenvalue weighted by Crippen LogP contribution is -2.29. The number of carbonyl (C=O) groups is 2. The zero-order valence-electron chi connectivity index (χ0n) is 20.9. The molecule has 0 radical (unpaired) electrons. The van der Waals surface area contributed by atoms with Crippen LogP contribution in [0.25, 0.3) is 27.8 Å². The molecule has 0 spiro atoms. The topological polar surface area (TPSA) is 99.5 Å². The largest absolute Gasteiger partial charge is 0.514 e. The van der Waals surface area contributed by atoms with E-state index in [-0.39, 0.29) is 18.0 Å². The Morgan fingerprint density at radius 1 is 1.05 bits per heavy atom. The molecule has 39 heavy (non-hydrogen) atoms. The fourth-order valence-corrected chi connectivity index (χ4v) is 4.95. The Labute approximate surface area is 232 Å². The van der Waals surface area contributed by atoms with Gasteiger partial charge in [0, 0.05) is 32.6 Å². The van der Waals surface area contributed by atoms with Gasteiger partial charge >= 0.3 is 6.16 Å². The highest BCUT2D eigenvalue weighted by Crippen LogP contribution is 2.30. The van der Waals surface area contributed by atoms with Crippen molar-refractivity contribution in [2.75, 3.05) is 7.11 Å². The number of amides is 1. The minimum Gasteiger partial charge on any atom is -0.437 e. The van der Waals surface area contributed by atoms with Crippen molar-refractivity contribution in [2.24, 2.45) is 0 Å². The number of rotatable bonds is 6. The lowest BCUT2D eigenvalue weighted by atomic mass is 10.1. The van der Waals surface area contributed by atoms with Crippen molar-refractivity contribution < 1.29 is 19.1 Å². The quantitative estimate of drug-likeness (QED) is 0.250. The van der Waals surface area contributed by atoms with E-state index in [0.29, 0.717) is 27.2 Å². The number of aromatic nitrogens is 2. The van der Waals surface area contributed by atoms with Crippen LogP contribution in [-0.4, -0.2) is 28.7 Å². The van der Waals surface area contributed by atoms with Crippen LogP contribution < -0.4 is 15.5 Å². The van der Waals surface area contributed by atoms with Crippen molar-refractivity contribution in [3.63, 3.8) is 0 Å². The number of benzene rings is 3. The van der Waals surface area contributed by atoms with Crippen molar-refractivity contribution in [3.8, 4) is 22.8 Å². The lowest BCUT2D eigenvalue weighted by Gasteiger charge is -2.20. The van der Waals surface area contributed by atoms with Gasteiger partial charge in [-0.15, -0.1) is 11.3 Å². The summed E-state index contributed by atoms with van der Waals surface area (Å²) >= 11 is 7.82. The van der Waals surface area contributed by atoms with Crippen LogP contribution >= 0.6 is 22.9 Å². The monoisotopic (exact) mass is 559 g/mol. The molecule has 5 rings (SSSR count). The van der Waals surface area contributed by atoms with Crippen molar-refractivity contribution in [3.05, 3.63) is 110 Å². The van der Waals surface area contributed by atoms with Gasteiger partial charge in [0.1, 0.15) is 0 Å². The lowest BCUT2D eigenvalue weighted by molar-refractivity contribution is 0.0950. The average Bonchev–Trinajstić information content (AvgIpc) is 3.39. The summed E-state index contributed by atoms with van der Waals surface area (Å²) in [7, 11) is 1.17. The fraction of sp³-hybridized carbons (Fsp3) is 0.103. The van der Waals surface area contributed by atoms with Crippen LogP contribution in [0.2, 0.25) is 5.02 Å².